The molecule has 0 bridgehead atoms. The van der Waals surface area contributed by atoms with Gasteiger partial charge in [-0.1, -0.05) is 11.6 Å². The monoisotopic (exact) mass is 310 g/mol. The minimum absolute atomic E-state index is 0.538. The maximum absolute atomic E-state index is 6.14. The first-order valence-electron chi connectivity index (χ1n) is 7.20. The summed E-state index contributed by atoms with van der Waals surface area (Å²) >= 11 is 7.73. The van der Waals surface area contributed by atoms with E-state index in [-0.39, 0.29) is 0 Å². The highest BCUT2D eigenvalue weighted by atomic mass is 35.5. The first-order valence-corrected chi connectivity index (χ1v) is 8.46. The fraction of sp³-hybridized carbons (Fsp3) is 0.571. The Morgan fingerprint density at radius 1 is 1.25 bits per heavy atom. The number of hydrogen-bond acceptors (Lipinski definition) is 5. The zero-order valence-corrected chi connectivity index (χ0v) is 13.0. The van der Waals surface area contributed by atoms with Crippen molar-refractivity contribution >= 4 is 39.1 Å². The van der Waals surface area contributed by atoms with Crippen LogP contribution in [0.3, 0.4) is 0 Å². The highest BCUT2D eigenvalue weighted by Gasteiger charge is 2.10. The number of nitrogens with zero attached hydrogens (tertiary/aromatic N) is 3. The molecule has 0 unspecified atom stereocenters. The van der Waals surface area contributed by atoms with Crippen LogP contribution in [0.25, 0.3) is 10.2 Å². The van der Waals surface area contributed by atoms with Gasteiger partial charge in [0.25, 0.3) is 0 Å². The highest BCUT2D eigenvalue weighted by molar-refractivity contribution is 7.16. The molecule has 6 heteroatoms. The standard InChI is InChI=1S/C14H19ClN4S/c15-12-11-5-10-20-13(11)18-14(17-12)16-6-1-2-7-19-8-3-4-9-19/h5,10H,1-4,6-9H2,(H,16,17,18). The zero-order chi connectivity index (χ0) is 13.8. The third-order valence-corrected chi connectivity index (χ3v) is 4.76. The van der Waals surface area contributed by atoms with Gasteiger partial charge in [-0.15, -0.1) is 11.3 Å². The Labute approximate surface area is 128 Å². The lowest BCUT2D eigenvalue weighted by Gasteiger charge is -2.14. The molecule has 0 aromatic carbocycles. The van der Waals surface area contributed by atoms with Crippen molar-refractivity contribution in [1.82, 2.24) is 14.9 Å². The van der Waals surface area contributed by atoms with Crippen LogP contribution in [0.4, 0.5) is 5.95 Å². The quantitative estimate of drug-likeness (QED) is 0.653. The van der Waals surface area contributed by atoms with Crippen LogP contribution in [0, 0.1) is 0 Å². The van der Waals surface area contributed by atoms with Gasteiger partial charge in [-0.2, -0.15) is 0 Å². The van der Waals surface area contributed by atoms with Gasteiger partial charge in [-0.3, -0.25) is 0 Å². The largest absolute Gasteiger partial charge is 0.354 e. The molecule has 1 N–H and O–H groups in total. The molecule has 0 saturated carbocycles. The predicted octanol–water partition coefficient (Wildman–Crippen LogP) is 3.63. The molecular formula is C14H19ClN4S. The Kier molecular flexibility index (Phi) is 4.70. The molecule has 0 amide bonds. The Morgan fingerprint density at radius 2 is 2.10 bits per heavy atom. The molecule has 0 aliphatic carbocycles. The van der Waals surface area contributed by atoms with Crippen molar-refractivity contribution in [2.75, 3.05) is 31.5 Å². The summed E-state index contributed by atoms with van der Waals surface area (Å²) in [5.74, 6) is 0.645. The minimum atomic E-state index is 0.538. The second-order valence-electron chi connectivity index (χ2n) is 5.16. The molecule has 0 radical (unpaired) electrons. The van der Waals surface area contributed by atoms with E-state index in [4.69, 9.17) is 11.6 Å². The summed E-state index contributed by atoms with van der Waals surface area (Å²) in [4.78, 5) is 12.3. The van der Waals surface area contributed by atoms with E-state index in [0.717, 1.165) is 23.2 Å². The summed E-state index contributed by atoms with van der Waals surface area (Å²) in [5.41, 5.74) is 0. The molecule has 0 atom stereocenters. The first kappa shape index (κ1) is 14.0. The van der Waals surface area contributed by atoms with Crippen LogP contribution in [0.2, 0.25) is 5.15 Å². The maximum Gasteiger partial charge on any atom is 0.225 e. The van der Waals surface area contributed by atoms with Gasteiger partial charge in [0, 0.05) is 11.9 Å². The van der Waals surface area contributed by atoms with Crippen molar-refractivity contribution in [3.8, 4) is 0 Å². The average molecular weight is 311 g/mol. The first-order chi connectivity index (χ1) is 9.83. The van der Waals surface area contributed by atoms with Crippen molar-refractivity contribution in [1.29, 1.82) is 0 Å². The van der Waals surface area contributed by atoms with Crippen molar-refractivity contribution in [2.24, 2.45) is 0 Å². The van der Waals surface area contributed by atoms with Crippen molar-refractivity contribution in [3.05, 3.63) is 16.6 Å². The number of likely N-dealkylation sites (tertiary alicyclic amines) is 1. The maximum atomic E-state index is 6.14. The molecule has 0 spiro atoms. The van der Waals surface area contributed by atoms with E-state index in [0.29, 0.717) is 11.1 Å². The number of aromatic nitrogens is 2. The Morgan fingerprint density at radius 3 is 2.95 bits per heavy atom. The summed E-state index contributed by atoms with van der Waals surface area (Å²) in [5, 5.41) is 6.74. The van der Waals surface area contributed by atoms with Gasteiger partial charge in [0.1, 0.15) is 9.98 Å². The van der Waals surface area contributed by atoms with Crippen molar-refractivity contribution < 1.29 is 0 Å². The molecule has 1 fully saturated rings. The number of rotatable bonds is 6. The van der Waals surface area contributed by atoms with Gasteiger partial charge < -0.3 is 10.2 Å². The fourth-order valence-electron chi connectivity index (χ4n) is 2.57. The van der Waals surface area contributed by atoms with E-state index in [1.165, 1.54) is 38.9 Å². The minimum Gasteiger partial charge on any atom is -0.354 e. The normalized spacial score (nSPS) is 16.1. The van der Waals surface area contributed by atoms with Gasteiger partial charge in [-0.05, 0) is 56.8 Å². The van der Waals surface area contributed by atoms with Crippen molar-refractivity contribution in [3.63, 3.8) is 0 Å². The topological polar surface area (TPSA) is 41.1 Å². The zero-order valence-electron chi connectivity index (χ0n) is 11.4. The lowest BCUT2D eigenvalue weighted by atomic mass is 10.3. The number of fused-ring (bicyclic) bond motifs is 1. The average Bonchev–Trinajstić information content (AvgIpc) is 3.08. The van der Waals surface area contributed by atoms with Gasteiger partial charge in [-0.25, -0.2) is 9.97 Å². The molecule has 2 aromatic heterocycles. The Hall–Kier alpha value is -0.910. The van der Waals surface area contributed by atoms with E-state index in [9.17, 15) is 0 Å². The summed E-state index contributed by atoms with van der Waals surface area (Å²) in [6.07, 6.45) is 5.10. The number of hydrogen-bond donors (Lipinski definition) is 1. The summed E-state index contributed by atoms with van der Waals surface area (Å²) in [7, 11) is 0. The van der Waals surface area contributed by atoms with Crippen LogP contribution in [-0.4, -0.2) is 41.0 Å². The Bertz CT molecular complexity index is 565. The number of nitrogens with one attached hydrogen (secondary N) is 1. The molecule has 4 nitrogen and oxygen atoms in total. The van der Waals surface area contributed by atoms with Gasteiger partial charge in [0.15, 0.2) is 0 Å². The highest BCUT2D eigenvalue weighted by Crippen LogP contribution is 2.25. The van der Waals surface area contributed by atoms with Crippen LogP contribution >= 0.6 is 22.9 Å². The third kappa shape index (κ3) is 3.40. The van der Waals surface area contributed by atoms with Crippen LogP contribution in [0.15, 0.2) is 11.4 Å². The van der Waals surface area contributed by atoms with Crippen LogP contribution in [0.5, 0.6) is 0 Å². The van der Waals surface area contributed by atoms with Crippen molar-refractivity contribution in [2.45, 2.75) is 25.7 Å². The van der Waals surface area contributed by atoms with Crippen LogP contribution < -0.4 is 5.32 Å². The lowest BCUT2D eigenvalue weighted by molar-refractivity contribution is 0.331. The summed E-state index contributed by atoms with van der Waals surface area (Å²) in [6, 6.07) is 1.96. The molecule has 1 saturated heterocycles. The number of unbranched alkanes of at least 4 members (excludes halogenated alkanes) is 1. The second kappa shape index (κ2) is 6.70. The molecule has 3 rings (SSSR count). The van der Waals surface area contributed by atoms with E-state index >= 15 is 0 Å². The van der Waals surface area contributed by atoms with E-state index in [1.54, 1.807) is 11.3 Å². The third-order valence-electron chi connectivity index (χ3n) is 3.66. The predicted molar refractivity (Wildman–Crippen MR) is 85.8 cm³/mol. The summed E-state index contributed by atoms with van der Waals surface area (Å²) in [6.45, 7) is 4.68. The number of halogens is 1. The SMILES string of the molecule is Clc1nc(NCCCCN2CCCC2)nc2sccc12. The Balaban J connectivity index is 1.44. The number of anilines is 1. The van der Waals surface area contributed by atoms with Crippen LogP contribution in [-0.2, 0) is 0 Å². The van der Waals surface area contributed by atoms with E-state index < -0.39 is 0 Å². The molecule has 20 heavy (non-hydrogen) atoms. The molecule has 108 valence electrons. The van der Waals surface area contributed by atoms with E-state index in [2.05, 4.69) is 20.2 Å². The second-order valence-corrected chi connectivity index (χ2v) is 6.41. The fourth-order valence-corrected chi connectivity index (χ4v) is 3.62. The van der Waals surface area contributed by atoms with Crippen LogP contribution in [0.1, 0.15) is 25.7 Å². The molecule has 2 aromatic rings. The van der Waals surface area contributed by atoms with Gasteiger partial charge in [0.2, 0.25) is 5.95 Å². The van der Waals surface area contributed by atoms with Gasteiger partial charge >= 0.3 is 0 Å². The smallest absolute Gasteiger partial charge is 0.225 e. The lowest BCUT2D eigenvalue weighted by Crippen LogP contribution is -2.21. The molecular weight excluding hydrogens is 292 g/mol. The van der Waals surface area contributed by atoms with E-state index in [1.807, 2.05) is 11.4 Å². The molecule has 1 aliphatic heterocycles. The summed E-state index contributed by atoms with van der Waals surface area (Å²) < 4.78 is 0. The molecule has 1 aliphatic rings. The molecule has 3 heterocycles. The number of thiophene rings is 1. The van der Waals surface area contributed by atoms with Gasteiger partial charge in [0.05, 0.1) is 0 Å².